The highest BCUT2D eigenvalue weighted by Crippen LogP contribution is 2.25. The molecule has 0 radical (unpaired) electrons. The van der Waals surface area contributed by atoms with Crippen molar-refractivity contribution in [1.82, 2.24) is 5.32 Å². The molecule has 0 spiro atoms. The quantitative estimate of drug-likeness (QED) is 0.479. The number of nitrogens with zero attached hydrogens (tertiary/aromatic N) is 1. The maximum Gasteiger partial charge on any atom is 0.250 e. The van der Waals surface area contributed by atoms with Crippen molar-refractivity contribution in [2.24, 2.45) is 0 Å². The molecular weight excluding hydrogens is 390 g/mol. The first-order chi connectivity index (χ1) is 14.4. The molecule has 1 aliphatic heterocycles. The third-order valence-electron chi connectivity index (χ3n) is 5.53. The Morgan fingerprint density at radius 2 is 1.80 bits per heavy atom. The van der Waals surface area contributed by atoms with E-state index in [0.717, 1.165) is 17.8 Å². The van der Waals surface area contributed by atoms with Gasteiger partial charge in [-0.15, -0.1) is 0 Å². The van der Waals surface area contributed by atoms with Gasteiger partial charge in [0.15, 0.2) is 5.11 Å². The maximum absolute atomic E-state index is 12.2. The second-order valence-corrected chi connectivity index (χ2v) is 8.59. The van der Waals surface area contributed by atoms with Crippen LogP contribution in [0.25, 0.3) is 6.08 Å². The van der Waals surface area contributed by atoms with Gasteiger partial charge in [-0.3, -0.25) is 10.1 Å². The minimum absolute atomic E-state index is 0.251. The number of hydrogen-bond donors (Lipinski definition) is 2. The first kappa shape index (κ1) is 22.0. The molecule has 1 fully saturated rings. The van der Waals surface area contributed by atoms with E-state index in [9.17, 15) is 4.79 Å². The zero-order valence-electron chi connectivity index (χ0n) is 18.0. The number of anilines is 2. The van der Waals surface area contributed by atoms with Crippen LogP contribution in [0.3, 0.4) is 0 Å². The van der Waals surface area contributed by atoms with Crippen molar-refractivity contribution in [3.05, 3.63) is 65.7 Å². The van der Waals surface area contributed by atoms with Crippen molar-refractivity contribution in [2.45, 2.75) is 52.0 Å². The van der Waals surface area contributed by atoms with E-state index in [4.69, 9.17) is 12.2 Å². The Morgan fingerprint density at radius 1 is 1.10 bits per heavy atom. The molecule has 0 aromatic heterocycles. The smallest absolute Gasteiger partial charge is 0.250 e. The van der Waals surface area contributed by atoms with Gasteiger partial charge in [-0.25, -0.2) is 0 Å². The van der Waals surface area contributed by atoms with Crippen molar-refractivity contribution >= 4 is 40.7 Å². The summed E-state index contributed by atoms with van der Waals surface area (Å²) in [6.45, 7) is 7.71. The van der Waals surface area contributed by atoms with Crippen LogP contribution in [-0.2, 0) is 4.79 Å². The van der Waals surface area contributed by atoms with Gasteiger partial charge >= 0.3 is 0 Å². The number of amides is 1. The summed E-state index contributed by atoms with van der Waals surface area (Å²) in [4.78, 5) is 14.6. The first-order valence-corrected chi connectivity index (χ1v) is 11.1. The molecule has 1 unspecified atom stereocenters. The molecule has 1 amide bonds. The lowest BCUT2D eigenvalue weighted by Crippen LogP contribution is -2.37. The zero-order valence-corrected chi connectivity index (χ0v) is 18.8. The Morgan fingerprint density at radius 3 is 2.43 bits per heavy atom. The van der Waals surface area contributed by atoms with E-state index in [1.807, 2.05) is 24.3 Å². The van der Waals surface area contributed by atoms with E-state index < -0.39 is 0 Å². The molecule has 2 aromatic rings. The van der Waals surface area contributed by atoms with Gasteiger partial charge in [-0.05, 0) is 85.8 Å². The minimum Gasteiger partial charge on any atom is -0.369 e. The SMILES string of the molecule is CC(C)c1ccc(/C=C/C(=O)NC(=S)Nc2ccc(N3CCCCC3C)cc2)cc1. The summed E-state index contributed by atoms with van der Waals surface area (Å²) in [5, 5.41) is 6.07. The van der Waals surface area contributed by atoms with Crippen LogP contribution in [-0.4, -0.2) is 23.6 Å². The van der Waals surface area contributed by atoms with E-state index in [0.29, 0.717) is 17.1 Å². The Balaban J connectivity index is 1.50. The molecule has 0 saturated carbocycles. The van der Waals surface area contributed by atoms with Gasteiger partial charge in [-0.2, -0.15) is 0 Å². The van der Waals surface area contributed by atoms with Crippen LogP contribution < -0.4 is 15.5 Å². The van der Waals surface area contributed by atoms with Gasteiger partial charge < -0.3 is 10.2 Å². The van der Waals surface area contributed by atoms with Crippen molar-refractivity contribution in [1.29, 1.82) is 0 Å². The Labute approximate surface area is 185 Å². The average Bonchev–Trinajstić information content (AvgIpc) is 2.73. The van der Waals surface area contributed by atoms with Crippen molar-refractivity contribution in [3.63, 3.8) is 0 Å². The molecule has 2 aromatic carbocycles. The molecule has 3 rings (SSSR count). The number of hydrogen-bond acceptors (Lipinski definition) is 3. The van der Waals surface area contributed by atoms with Gasteiger partial charge in [0.2, 0.25) is 5.91 Å². The highest BCUT2D eigenvalue weighted by molar-refractivity contribution is 7.80. The van der Waals surface area contributed by atoms with Gasteiger partial charge in [0.1, 0.15) is 0 Å². The van der Waals surface area contributed by atoms with E-state index in [1.165, 1.54) is 36.6 Å². The maximum atomic E-state index is 12.2. The van der Waals surface area contributed by atoms with Crippen molar-refractivity contribution in [2.75, 3.05) is 16.8 Å². The number of carbonyl (C=O) groups excluding carboxylic acids is 1. The molecule has 0 bridgehead atoms. The lowest BCUT2D eigenvalue weighted by Gasteiger charge is -2.35. The molecule has 1 atom stereocenters. The highest BCUT2D eigenvalue weighted by Gasteiger charge is 2.18. The topological polar surface area (TPSA) is 44.4 Å². The van der Waals surface area contributed by atoms with Crippen LogP contribution in [0.1, 0.15) is 57.1 Å². The van der Waals surface area contributed by atoms with Crippen LogP contribution >= 0.6 is 12.2 Å². The van der Waals surface area contributed by atoms with Crippen molar-refractivity contribution in [3.8, 4) is 0 Å². The number of rotatable bonds is 5. The minimum atomic E-state index is -0.251. The van der Waals surface area contributed by atoms with E-state index in [-0.39, 0.29) is 5.91 Å². The molecule has 1 saturated heterocycles. The van der Waals surface area contributed by atoms with Crippen LogP contribution in [0.15, 0.2) is 54.6 Å². The summed E-state index contributed by atoms with van der Waals surface area (Å²) >= 11 is 5.28. The van der Waals surface area contributed by atoms with Crippen LogP contribution in [0.5, 0.6) is 0 Å². The first-order valence-electron chi connectivity index (χ1n) is 10.7. The Bertz CT molecular complexity index is 888. The summed E-state index contributed by atoms with van der Waals surface area (Å²) in [6, 6.07) is 17.0. The average molecular weight is 422 g/mol. The van der Waals surface area contributed by atoms with Crippen LogP contribution in [0, 0.1) is 0 Å². The molecule has 1 aliphatic rings. The molecule has 5 heteroatoms. The fraction of sp³-hybridized carbons (Fsp3) is 0.360. The molecule has 158 valence electrons. The number of piperidine rings is 1. The zero-order chi connectivity index (χ0) is 21.5. The van der Waals surface area contributed by atoms with Crippen LogP contribution in [0.4, 0.5) is 11.4 Å². The van der Waals surface area contributed by atoms with Gasteiger partial charge in [0.25, 0.3) is 0 Å². The van der Waals surface area contributed by atoms with Crippen LogP contribution in [0.2, 0.25) is 0 Å². The number of nitrogens with one attached hydrogen (secondary N) is 2. The van der Waals surface area contributed by atoms with E-state index in [1.54, 1.807) is 6.08 Å². The summed E-state index contributed by atoms with van der Waals surface area (Å²) in [7, 11) is 0. The second-order valence-electron chi connectivity index (χ2n) is 8.18. The molecule has 2 N–H and O–H groups in total. The summed E-state index contributed by atoms with van der Waals surface area (Å²) < 4.78 is 0. The lowest BCUT2D eigenvalue weighted by atomic mass is 10.0. The molecule has 1 heterocycles. The largest absolute Gasteiger partial charge is 0.369 e. The summed E-state index contributed by atoms with van der Waals surface area (Å²) in [5.41, 5.74) is 4.36. The molecule has 0 aliphatic carbocycles. The lowest BCUT2D eigenvalue weighted by molar-refractivity contribution is -0.115. The standard InChI is InChI=1S/C25H31N3OS/c1-18(2)21-10-7-20(8-11-21)9-16-24(29)27-25(30)26-22-12-14-23(15-13-22)28-17-5-4-6-19(28)3/h7-16,18-19H,4-6,17H2,1-3H3,(H2,26,27,29,30)/b16-9+. The summed E-state index contributed by atoms with van der Waals surface area (Å²) in [5.74, 6) is 0.242. The second kappa shape index (κ2) is 10.4. The van der Waals surface area contributed by atoms with E-state index in [2.05, 4.69) is 60.6 Å². The third-order valence-corrected chi connectivity index (χ3v) is 5.73. The monoisotopic (exact) mass is 421 g/mol. The normalized spacial score (nSPS) is 16.7. The van der Waals surface area contributed by atoms with Gasteiger partial charge in [0.05, 0.1) is 0 Å². The predicted molar refractivity (Wildman–Crippen MR) is 131 cm³/mol. The molecule has 30 heavy (non-hydrogen) atoms. The van der Waals surface area contributed by atoms with Gasteiger partial charge in [0, 0.05) is 30.0 Å². The third kappa shape index (κ3) is 6.17. The highest BCUT2D eigenvalue weighted by atomic mass is 32.1. The van der Waals surface area contributed by atoms with E-state index >= 15 is 0 Å². The number of benzene rings is 2. The molecule has 4 nitrogen and oxygen atoms in total. The Hall–Kier alpha value is -2.66. The van der Waals surface area contributed by atoms with Crippen molar-refractivity contribution < 1.29 is 4.79 Å². The Kier molecular flexibility index (Phi) is 7.63. The van der Waals surface area contributed by atoms with Gasteiger partial charge in [-0.1, -0.05) is 38.1 Å². The fourth-order valence-electron chi connectivity index (χ4n) is 3.70. The number of thiocarbonyl (C=S) groups is 1. The summed E-state index contributed by atoms with van der Waals surface area (Å²) in [6.07, 6.45) is 7.08. The fourth-order valence-corrected chi connectivity index (χ4v) is 3.92. The number of carbonyl (C=O) groups is 1. The molecular formula is C25H31N3OS. The predicted octanol–water partition coefficient (Wildman–Crippen LogP) is 5.72.